The van der Waals surface area contributed by atoms with Crippen LogP contribution in [0.15, 0.2) is 34.9 Å². The Kier molecular flexibility index (Phi) is 2.19. The van der Waals surface area contributed by atoms with Gasteiger partial charge in [0.1, 0.15) is 4.60 Å². The zero-order chi connectivity index (χ0) is 9.26. The predicted octanol–water partition coefficient (Wildman–Crippen LogP) is 3.04. The summed E-state index contributed by atoms with van der Waals surface area (Å²) in [6.45, 7) is 0. The summed E-state index contributed by atoms with van der Waals surface area (Å²) in [5, 5.41) is 4.23. The number of pyridine rings is 1. The molecular formula is C10H9BrN2. The molecule has 0 bridgehead atoms. The van der Waals surface area contributed by atoms with Gasteiger partial charge < -0.3 is 5.32 Å². The summed E-state index contributed by atoms with van der Waals surface area (Å²) in [5.41, 5.74) is 2.02. The Morgan fingerprint density at radius 2 is 2.08 bits per heavy atom. The third-order valence-corrected chi connectivity index (χ3v) is 2.55. The molecule has 2 nitrogen and oxygen atoms in total. The van der Waals surface area contributed by atoms with Crippen molar-refractivity contribution < 1.29 is 0 Å². The highest BCUT2D eigenvalue weighted by Gasteiger charge is 2.00. The fourth-order valence-corrected chi connectivity index (χ4v) is 1.77. The van der Waals surface area contributed by atoms with Crippen LogP contribution in [0, 0.1) is 0 Å². The number of rotatable bonds is 1. The van der Waals surface area contributed by atoms with E-state index < -0.39 is 0 Å². The highest BCUT2D eigenvalue weighted by Crippen LogP contribution is 2.24. The maximum atomic E-state index is 4.40. The molecule has 0 radical (unpaired) electrons. The van der Waals surface area contributed by atoms with E-state index in [-0.39, 0.29) is 0 Å². The number of anilines is 1. The van der Waals surface area contributed by atoms with Crippen molar-refractivity contribution in [1.82, 2.24) is 4.98 Å². The summed E-state index contributed by atoms with van der Waals surface area (Å²) in [4.78, 5) is 4.40. The molecule has 66 valence electrons. The molecule has 1 heterocycles. The van der Waals surface area contributed by atoms with E-state index >= 15 is 0 Å². The van der Waals surface area contributed by atoms with Crippen LogP contribution in [0.3, 0.4) is 0 Å². The second-order valence-corrected chi connectivity index (χ2v) is 3.52. The molecular weight excluding hydrogens is 228 g/mol. The topological polar surface area (TPSA) is 24.9 Å². The summed E-state index contributed by atoms with van der Waals surface area (Å²) in [7, 11) is 1.89. The van der Waals surface area contributed by atoms with Gasteiger partial charge in [-0.05, 0) is 28.1 Å². The molecule has 0 amide bonds. The molecule has 0 aliphatic rings. The predicted molar refractivity (Wildman–Crippen MR) is 59.0 cm³/mol. The van der Waals surface area contributed by atoms with Crippen molar-refractivity contribution in [2.24, 2.45) is 0 Å². The Labute approximate surface area is 85.1 Å². The lowest BCUT2D eigenvalue weighted by Gasteiger charge is -2.04. The molecule has 0 spiro atoms. The van der Waals surface area contributed by atoms with Gasteiger partial charge in [0.05, 0.1) is 11.2 Å². The quantitative estimate of drug-likeness (QED) is 0.771. The van der Waals surface area contributed by atoms with E-state index in [1.807, 2.05) is 25.2 Å². The molecule has 13 heavy (non-hydrogen) atoms. The van der Waals surface area contributed by atoms with E-state index in [1.165, 1.54) is 0 Å². The standard InChI is InChI=1S/C10H9BrN2/c1-12-9-6-7-4-2-3-5-8(7)13-10(9)11/h2-6,12H,1H3. The zero-order valence-corrected chi connectivity index (χ0v) is 8.80. The van der Waals surface area contributed by atoms with Crippen LogP contribution in [0.2, 0.25) is 0 Å². The smallest absolute Gasteiger partial charge is 0.129 e. The van der Waals surface area contributed by atoms with Gasteiger partial charge in [0.15, 0.2) is 0 Å². The van der Waals surface area contributed by atoms with E-state index in [1.54, 1.807) is 0 Å². The Morgan fingerprint density at radius 1 is 1.31 bits per heavy atom. The minimum atomic E-state index is 0.855. The Morgan fingerprint density at radius 3 is 2.85 bits per heavy atom. The van der Waals surface area contributed by atoms with E-state index in [0.29, 0.717) is 0 Å². The molecule has 0 saturated carbocycles. The SMILES string of the molecule is CNc1cc2ccccc2nc1Br. The minimum absolute atomic E-state index is 0.855. The van der Waals surface area contributed by atoms with Crippen LogP contribution < -0.4 is 5.32 Å². The van der Waals surface area contributed by atoms with E-state index in [9.17, 15) is 0 Å². The molecule has 2 aromatic rings. The van der Waals surface area contributed by atoms with Crippen LogP contribution in [-0.2, 0) is 0 Å². The number of benzene rings is 1. The van der Waals surface area contributed by atoms with Crippen LogP contribution in [-0.4, -0.2) is 12.0 Å². The second-order valence-electron chi connectivity index (χ2n) is 2.77. The average Bonchev–Trinajstić information content (AvgIpc) is 2.17. The monoisotopic (exact) mass is 236 g/mol. The molecule has 1 N–H and O–H groups in total. The number of aromatic nitrogens is 1. The van der Waals surface area contributed by atoms with Gasteiger partial charge in [0.2, 0.25) is 0 Å². The molecule has 2 rings (SSSR count). The van der Waals surface area contributed by atoms with Crippen molar-refractivity contribution in [2.75, 3.05) is 12.4 Å². The normalized spacial score (nSPS) is 10.3. The van der Waals surface area contributed by atoms with E-state index in [0.717, 1.165) is 21.2 Å². The largest absolute Gasteiger partial charge is 0.386 e. The number of para-hydroxylation sites is 1. The number of hydrogen-bond donors (Lipinski definition) is 1. The van der Waals surface area contributed by atoms with Gasteiger partial charge in [-0.15, -0.1) is 0 Å². The van der Waals surface area contributed by atoms with Crippen LogP contribution in [0.1, 0.15) is 0 Å². The third kappa shape index (κ3) is 1.52. The van der Waals surface area contributed by atoms with Gasteiger partial charge in [0, 0.05) is 12.4 Å². The Balaban J connectivity index is 2.74. The molecule has 0 fully saturated rings. The Hall–Kier alpha value is -1.09. The highest BCUT2D eigenvalue weighted by molar-refractivity contribution is 9.10. The highest BCUT2D eigenvalue weighted by atomic mass is 79.9. The van der Waals surface area contributed by atoms with Crippen molar-refractivity contribution in [3.05, 3.63) is 34.9 Å². The van der Waals surface area contributed by atoms with Gasteiger partial charge in [0.25, 0.3) is 0 Å². The summed E-state index contributed by atoms with van der Waals surface area (Å²) >= 11 is 3.40. The fraction of sp³-hybridized carbons (Fsp3) is 0.100. The summed E-state index contributed by atoms with van der Waals surface area (Å²) in [6, 6.07) is 10.1. The van der Waals surface area contributed by atoms with Crippen LogP contribution in [0.4, 0.5) is 5.69 Å². The molecule has 0 atom stereocenters. The molecule has 0 unspecified atom stereocenters. The van der Waals surface area contributed by atoms with Crippen LogP contribution in [0.25, 0.3) is 10.9 Å². The Bertz CT molecular complexity index is 440. The van der Waals surface area contributed by atoms with E-state index in [2.05, 4.69) is 38.4 Å². The average molecular weight is 237 g/mol. The maximum Gasteiger partial charge on any atom is 0.129 e. The van der Waals surface area contributed by atoms with Gasteiger partial charge in [-0.1, -0.05) is 18.2 Å². The lowest BCUT2D eigenvalue weighted by molar-refractivity contribution is 1.33. The van der Waals surface area contributed by atoms with Crippen LogP contribution in [0.5, 0.6) is 0 Å². The van der Waals surface area contributed by atoms with E-state index in [4.69, 9.17) is 0 Å². The molecule has 0 aliphatic heterocycles. The maximum absolute atomic E-state index is 4.40. The van der Waals surface area contributed by atoms with Crippen molar-refractivity contribution in [2.45, 2.75) is 0 Å². The lowest BCUT2D eigenvalue weighted by atomic mass is 10.2. The molecule has 0 saturated heterocycles. The first-order valence-electron chi connectivity index (χ1n) is 4.04. The minimum Gasteiger partial charge on any atom is -0.386 e. The number of nitrogens with zero attached hydrogens (tertiary/aromatic N) is 1. The first-order valence-corrected chi connectivity index (χ1v) is 4.83. The summed E-state index contributed by atoms with van der Waals surface area (Å²) in [6.07, 6.45) is 0. The third-order valence-electron chi connectivity index (χ3n) is 1.95. The first-order chi connectivity index (χ1) is 6.31. The second kappa shape index (κ2) is 3.34. The number of halogens is 1. The van der Waals surface area contributed by atoms with Gasteiger partial charge >= 0.3 is 0 Å². The van der Waals surface area contributed by atoms with Crippen molar-refractivity contribution in [3.63, 3.8) is 0 Å². The summed E-state index contributed by atoms with van der Waals surface area (Å²) in [5.74, 6) is 0. The molecule has 0 aliphatic carbocycles. The van der Waals surface area contributed by atoms with Gasteiger partial charge in [-0.3, -0.25) is 0 Å². The summed E-state index contributed by atoms with van der Waals surface area (Å²) < 4.78 is 0.855. The van der Waals surface area contributed by atoms with Gasteiger partial charge in [-0.2, -0.15) is 0 Å². The first kappa shape index (κ1) is 8.51. The van der Waals surface area contributed by atoms with Gasteiger partial charge in [-0.25, -0.2) is 4.98 Å². The molecule has 1 aromatic carbocycles. The molecule has 3 heteroatoms. The number of nitrogens with one attached hydrogen (secondary N) is 1. The number of fused-ring (bicyclic) bond motifs is 1. The van der Waals surface area contributed by atoms with Crippen molar-refractivity contribution >= 4 is 32.5 Å². The van der Waals surface area contributed by atoms with Crippen LogP contribution >= 0.6 is 15.9 Å². The number of hydrogen-bond acceptors (Lipinski definition) is 2. The zero-order valence-electron chi connectivity index (χ0n) is 7.21. The fourth-order valence-electron chi connectivity index (χ4n) is 1.27. The van der Waals surface area contributed by atoms with Crippen molar-refractivity contribution in [1.29, 1.82) is 0 Å². The van der Waals surface area contributed by atoms with Crippen molar-refractivity contribution in [3.8, 4) is 0 Å². The molecule has 1 aromatic heterocycles. The lowest BCUT2D eigenvalue weighted by Crippen LogP contribution is -1.91.